The maximum atomic E-state index is 13.0. The summed E-state index contributed by atoms with van der Waals surface area (Å²) in [5.41, 5.74) is -0.453. The third kappa shape index (κ3) is 3.10. The molecule has 2 fully saturated rings. The first-order chi connectivity index (χ1) is 12.6. The third-order valence-corrected chi connectivity index (χ3v) is 6.74. The molecule has 146 valence electrons. The van der Waals surface area contributed by atoms with Crippen molar-refractivity contribution in [1.29, 1.82) is 0 Å². The summed E-state index contributed by atoms with van der Waals surface area (Å²) in [4.78, 5) is 39.4. The van der Waals surface area contributed by atoms with Gasteiger partial charge in [0.15, 0.2) is 0 Å². The van der Waals surface area contributed by atoms with Gasteiger partial charge in [0.1, 0.15) is 5.75 Å². The molecule has 0 aromatic heterocycles. The number of piperidine rings is 1. The quantitative estimate of drug-likeness (QED) is 0.778. The molecule has 6 nitrogen and oxygen atoms in total. The van der Waals surface area contributed by atoms with E-state index in [0.29, 0.717) is 22.9 Å². The van der Waals surface area contributed by atoms with Crippen molar-refractivity contribution in [2.45, 2.75) is 40.0 Å². The van der Waals surface area contributed by atoms with Gasteiger partial charge in [-0.2, -0.15) is 0 Å². The van der Waals surface area contributed by atoms with Crippen molar-refractivity contribution < 1.29 is 19.1 Å². The molecule has 7 heteroatoms. The molecule has 1 N–H and O–H groups in total. The van der Waals surface area contributed by atoms with Crippen LogP contribution < -0.4 is 10.1 Å². The van der Waals surface area contributed by atoms with Crippen LogP contribution in [0.25, 0.3) is 0 Å². The zero-order valence-electron chi connectivity index (χ0n) is 16.1. The van der Waals surface area contributed by atoms with Crippen molar-refractivity contribution in [3.05, 3.63) is 23.2 Å². The number of ether oxygens (including phenoxy) is 1. The maximum absolute atomic E-state index is 13.0. The second-order valence-electron chi connectivity index (χ2n) is 8.08. The van der Waals surface area contributed by atoms with Gasteiger partial charge >= 0.3 is 0 Å². The first-order valence-corrected chi connectivity index (χ1v) is 9.49. The summed E-state index contributed by atoms with van der Waals surface area (Å²) in [6.45, 7) is 6.01. The van der Waals surface area contributed by atoms with Crippen LogP contribution in [0, 0.1) is 16.7 Å². The van der Waals surface area contributed by atoms with E-state index in [9.17, 15) is 14.4 Å². The number of amides is 3. The molecule has 0 radical (unpaired) electrons. The van der Waals surface area contributed by atoms with E-state index in [1.807, 2.05) is 20.8 Å². The van der Waals surface area contributed by atoms with E-state index < -0.39 is 5.41 Å². The fourth-order valence-electron chi connectivity index (χ4n) is 4.32. The van der Waals surface area contributed by atoms with Crippen LogP contribution in [-0.4, -0.2) is 36.3 Å². The van der Waals surface area contributed by atoms with Crippen LogP contribution in [0.4, 0.5) is 5.69 Å². The van der Waals surface area contributed by atoms with Crippen LogP contribution in [0.3, 0.4) is 0 Å². The number of halogens is 1. The van der Waals surface area contributed by atoms with Crippen LogP contribution in [0.15, 0.2) is 18.2 Å². The molecule has 2 aliphatic rings. The number of carbonyl (C=O) groups excluding carboxylic acids is 3. The molecule has 2 bridgehead atoms. The third-order valence-electron chi connectivity index (χ3n) is 6.51. The summed E-state index contributed by atoms with van der Waals surface area (Å²) in [6, 6.07) is 4.93. The Morgan fingerprint density at radius 2 is 2.04 bits per heavy atom. The summed E-state index contributed by atoms with van der Waals surface area (Å²) in [5.74, 6) is -0.313. The Balaban J connectivity index is 1.69. The zero-order valence-corrected chi connectivity index (χ0v) is 16.9. The topological polar surface area (TPSA) is 75.7 Å². The Kier molecular flexibility index (Phi) is 4.97. The molecule has 3 amide bonds. The number of imide groups is 1. The van der Waals surface area contributed by atoms with Crippen molar-refractivity contribution in [1.82, 2.24) is 4.90 Å². The minimum Gasteiger partial charge on any atom is -0.495 e. The number of nitrogens with zero attached hydrogens (tertiary/aromatic N) is 1. The zero-order chi connectivity index (χ0) is 20.0. The van der Waals surface area contributed by atoms with Gasteiger partial charge in [-0.1, -0.05) is 32.4 Å². The van der Waals surface area contributed by atoms with Crippen molar-refractivity contribution >= 4 is 35.0 Å². The second kappa shape index (κ2) is 6.82. The molecule has 1 saturated heterocycles. The highest BCUT2D eigenvalue weighted by Gasteiger charge is 2.64. The largest absolute Gasteiger partial charge is 0.495 e. The summed E-state index contributed by atoms with van der Waals surface area (Å²) in [5, 5.41) is 3.21. The Hall–Kier alpha value is -2.08. The van der Waals surface area contributed by atoms with E-state index in [0.717, 1.165) is 6.42 Å². The minimum atomic E-state index is -0.557. The monoisotopic (exact) mass is 392 g/mol. The van der Waals surface area contributed by atoms with Gasteiger partial charge in [-0.15, -0.1) is 0 Å². The molecule has 1 heterocycles. The highest BCUT2D eigenvalue weighted by Crippen LogP contribution is 2.60. The summed E-state index contributed by atoms with van der Waals surface area (Å²) >= 11 is 5.97. The minimum absolute atomic E-state index is 0.0242. The fraction of sp³-hybridized carbons (Fsp3) is 0.550. The second-order valence-corrected chi connectivity index (χ2v) is 8.52. The number of hydrogen-bond acceptors (Lipinski definition) is 4. The van der Waals surface area contributed by atoms with E-state index in [-0.39, 0.29) is 42.0 Å². The lowest BCUT2D eigenvalue weighted by atomic mass is 9.62. The molecule has 0 spiro atoms. The molecule has 1 aliphatic carbocycles. The van der Waals surface area contributed by atoms with Gasteiger partial charge in [0.05, 0.1) is 18.2 Å². The lowest BCUT2D eigenvalue weighted by Gasteiger charge is -2.47. The van der Waals surface area contributed by atoms with E-state index in [1.54, 1.807) is 18.2 Å². The lowest BCUT2D eigenvalue weighted by Crippen LogP contribution is -2.59. The van der Waals surface area contributed by atoms with E-state index >= 15 is 0 Å². The number of anilines is 1. The van der Waals surface area contributed by atoms with Gasteiger partial charge in [0.2, 0.25) is 17.7 Å². The van der Waals surface area contributed by atoms with Crippen LogP contribution >= 0.6 is 11.6 Å². The fourth-order valence-corrected chi connectivity index (χ4v) is 4.49. The molecule has 2 unspecified atom stereocenters. The Bertz CT molecular complexity index is 807. The maximum Gasteiger partial charge on any atom is 0.235 e. The first kappa shape index (κ1) is 19.7. The average molecular weight is 393 g/mol. The highest BCUT2D eigenvalue weighted by atomic mass is 35.5. The van der Waals surface area contributed by atoms with Crippen molar-refractivity contribution in [3.8, 4) is 5.75 Å². The van der Waals surface area contributed by atoms with Crippen molar-refractivity contribution in [2.24, 2.45) is 16.7 Å². The number of hydrogen-bond donors (Lipinski definition) is 1. The summed E-state index contributed by atoms with van der Waals surface area (Å²) < 4.78 is 5.21. The smallest absolute Gasteiger partial charge is 0.235 e. The SMILES string of the molecule is COc1ccc(Cl)cc1NC(=O)CCN1C(=O)C2CCC(C)(C1=O)C2(C)C. The van der Waals surface area contributed by atoms with Gasteiger partial charge in [0, 0.05) is 23.9 Å². The Morgan fingerprint density at radius 1 is 1.33 bits per heavy atom. The number of carbonyl (C=O) groups is 3. The van der Waals surface area contributed by atoms with Gasteiger partial charge < -0.3 is 10.1 Å². The molecule has 1 aromatic rings. The lowest BCUT2D eigenvalue weighted by molar-refractivity contribution is -0.167. The number of fused-ring (bicyclic) bond motifs is 2. The molecule has 1 saturated carbocycles. The number of nitrogens with one attached hydrogen (secondary N) is 1. The average Bonchev–Trinajstić information content (AvgIpc) is 2.79. The first-order valence-electron chi connectivity index (χ1n) is 9.11. The molecule has 1 aromatic carbocycles. The number of benzene rings is 1. The Morgan fingerprint density at radius 3 is 2.70 bits per heavy atom. The molecule has 1 aliphatic heterocycles. The molecule has 2 atom stereocenters. The summed E-state index contributed by atoms with van der Waals surface area (Å²) in [7, 11) is 1.50. The van der Waals surface area contributed by atoms with Crippen LogP contribution in [-0.2, 0) is 14.4 Å². The predicted octanol–water partition coefficient (Wildman–Crippen LogP) is 3.49. The molecule has 3 rings (SSSR count). The van der Waals surface area contributed by atoms with Gasteiger partial charge in [-0.05, 0) is 36.5 Å². The normalized spacial score (nSPS) is 26.3. The standard InChI is InChI=1S/C20H25ClN2O4/c1-19(2)13-7-9-20(19,3)18(26)23(17(13)25)10-8-16(24)22-14-11-12(21)5-6-15(14)27-4/h5-6,11,13H,7-10H2,1-4H3,(H,22,24). The van der Waals surface area contributed by atoms with Crippen molar-refractivity contribution in [2.75, 3.05) is 19.0 Å². The van der Waals surface area contributed by atoms with Crippen molar-refractivity contribution in [3.63, 3.8) is 0 Å². The van der Waals surface area contributed by atoms with E-state index in [2.05, 4.69) is 5.32 Å². The van der Waals surface area contributed by atoms with Crippen LogP contribution in [0.5, 0.6) is 5.75 Å². The summed E-state index contributed by atoms with van der Waals surface area (Å²) in [6.07, 6.45) is 1.45. The number of rotatable bonds is 5. The predicted molar refractivity (Wildman–Crippen MR) is 103 cm³/mol. The molecular weight excluding hydrogens is 368 g/mol. The van der Waals surface area contributed by atoms with Gasteiger partial charge in [-0.3, -0.25) is 19.3 Å². The van der Waals surface area contributed by atoms with E-state index in [4.69, 9.17) is 16.3 Å². The molecular formula is C20H25ClN2O4. The molecule has 27 heavy (non-hydrogen) atoms. The van der Waals surface area contributed by atoms with Crippen LogP contribution in [0.2, 0.25) is 5.02 Å². The van der Waals surface area contributed by atoms with Gasteiger partial charge in [0.25, 0.3) is 0 Å². The number of likely N-dealkylation sites (tertiary alicyclic amines) is 1. The van der Waals surface area contributed by atoms with E-state index in [1.165, 1.54) is 12.0 Å². The number of methoxy groups -OCH3 is 1. The Labute approximate surface area is 164 Å². The highest BCUT2D eigenvalue weighted by molar-refractivity contribution is 6.31. The van der Waals surface area contributed by atoms with Gasteiger partial charge in [-0.25, -0.2) is 0 Å². The van der Waals surface area contributed by atoms with Crippen LogP contribution in [0.1, 0.15) is 40.0 Å².